The summed E-state index contributed by atoms with van der Waals surface area (Å²) in [6, 6.07) is 13.5. The molecule has 1 aromatic heterocycles. The highest BCUT2D eigenvalue weighted by Gasteiger charge is 2.10. The largest absolute Gasteiger partial charge is 0.492 e. The van der Waals surface area contributed by atoms with E-state index >= 15 is 0 Å². The highest BCUT2D eigenvalue weighted by molar-refractivity contribution is 9.10. The topological polar surface area (TPSA) is 39.9 Å². The Bertz CT molecular complexity index is 902. The Morgan fingerprint density at radius 1 is 1.11 bits per heavy atom. The molecule has 0 saturated carbocycles. The van der Waals surface area contributed by atoms with Gasteiger partial charge in [0.05, 0.1) is 11.6 Å². The van der Waals surface area contributed by atoms with Gasteiger partial charge in [0.1, 0.15) is 11.6 Å². The summed E-state index contributed by atoms with van der Waals surface area (Å²) in [7, 11) is 2.00. The average Bonchev–Trinajstić information content (AvgIpc) is 3.00. The fourth-order valence-corrected chi connectivity index (χ4v) is 4.03. The first-order valence-corrected chi connectivity index (χ1v) is 10.9. The Morgan fingerprint density at radius 2 is 1.89 bits per heavy atom. The van der Waals surface area contributed by atoms with Crippen LogP contribution in [0.3, 0.4) is 0 Å². The monoisotopic (exact) mass is 485 g/mol. The van der Waals surface area contributed by atoms with Crippen LogP contribution in [0.25, 0.3) is 0 Å². The molecule has 0 spiro atoms. The molecule has 0 radical (unpaired) electrons. The first-order chi connectivity index (χ1) is 13.0. The van der Waals surface area contributed by atoms with E-state index in [9.17, 15) is 0 Å². The van der Waals surface area contributed by atoms with E-state index in [0.29, 0.717) is 22.4 Å². The van der Waals surface area contributed by atoms with Crippen molar-refractivity contribution in [3.63, 3.8) is 0 Å². The molecule has 3 rings (SSSR count). The van der Waals surface area contributed by atoms with Gasteiger partial charge in [0.15, 0.2) is 5.16 Å². The van der Waals surface area contributed by atoms with Crippen molar-refractivity contribution >= 4 is 50.9 Å². The number of benzene rings is 2. The SMILES string of the molecule is Cn1c(CCCOc2ccc(Cl)cc2Cl)nnc1SCc1ccc(Br)cc1. The Hall–Kier alpha value is -1.21. The van der Waals surface area contributed by atoms with Crippen molar-refractivity contribution in [2.75, 3.05) is 6.61 Å². The molecule has 0 saturated heterocycles. The standard InChI is InChI=1S/C19H18BrCl2N3OS/c1-25-18(3-2-10-26-17-9-8-15(21)11-16(17)22)23-24-19(25)27-12-13-4-6-14(20)7-5-13/h4-9,11H,2-3,10,12H2,1H3. The Morgan fingerprint density at radius 3 is 2.63 bits per heavy atom. The van der Waals surface area contributed by atoms with E-state index in [-0.39, 0.29) is 0 Å². The molecule has 0 amide bonds. The van der Waals surface area contributed by atoms with Crippen LogP contribution in [-0.4, -0.2) is 21.4 Å². The average molecular weight is 487 g/mol. The lowest BCUT2D eigenvalue weighted by atomic mass is 10.2. The van der Waals surface area contributed by atoms with Crippen molar-refractivity contribution in [3.8, 4) is 5.75 Å². The van der Waals surface area contributed by atoms with E-state index in [4.69, 9.17) is 27.9 Å². The summed E-state index contributed by atoms with van der Waals surface area (Å²) in [4.78, 5) is 0. The lowest BCUT2D eigenvalue weighted by Gasteiger charge is -2.08. The summed E-state index contributed by atoms with van der Waals surface area (Å²) in [5, 5.41) is 10.6. The molecule has 4 nitrogen and oxygen atoms in total. The van der Waals surface area contributed by atoms with Gasteiger partial charge in [-0.3, -0.25) is 0 Å². The van der Waals surface area contributed by atoms with Crippen LogP contribution in [0.1, 0.15) is 17.8 Å². The van der Waals surface area contributed by atoms with Gasteiger partial charge in [0.2, 0.25) is 0 Å². The molecule has 27 heavy (non-hydrogen) atoms. The van der Waals surface area contributed by atoms with Crippen LogP contribution >= 0.6 is 50.9 Å². The zero-order chi connectivity index (χ0) is 19.2. The van der Waals surface area contributed by atoms with Crippen LogP contribution in [0, 0.1) is 0 Å². The number of aryl methyl sites for hydroxylation is 1. The number of hydrogen-bond donors (Lipinski definition) is 0. The summed E-state index contributed by atoms with van der Waals surface area (Å²) in [5.41, 5.74) is 1.25. The summed E-state index contributed by atoms with van der Waals surface area (Å²) in [6.45, 7) is 0.551. The van der Waals surface area contributed by atoms with Crippen LogP contribution < -0.4 is 4.74 Å². The van der Waals surface area contributed by atoms with Crippen LogP contribution in [0.2, 0.25) is 10.0 Å². The first-order valence-electron chi connectivity index (χ1n) is 8.36. The van der Waals surface area contributed by atoms with Gasteiger partial charge >= 0.3 is 0 Å². The Kier molecular flexibility index (Phi) is 7.47. The Balaban J connectivity index is 1.47. The molecule has 0 fully saturated rings. The number of thioether (sulfide) groups is 1. The highest BCUT2D eigenvalue weighted by atomic mass is 79.9. The van der Waals surface area contributed by atoms with Crippen molar-refractivity contribution in [2.24, 2.45) is 7.05 Å². The van der Waals surface area contributed by atoms with Gasteiger partial charge in [-0.05, 0) is 42.3 Å². The summed E-state index contributed by atoms with van der Waals surface area (Å²) >= 11 is 17.1. The van der Waals surface area contributed by atoms with Gasteiger partial charge in [-0.25, -0.2) is 0 Å². The van der Waals surface area contributed by atoms with Crippen molar-refractivity contribution in [2.45, 2.75) is 23.8 Å². The number of aromatic nitrogens is 3. The summed E-state index contributed by atoms with van der Waals surface area (Å²) in [6.07, 6.45) is 1.61. The second-order valence-electron chi connectivity index (χ2n) is 5.90. The molecule has 0 unspecified atom stereocenters. The zero-order valence-corrected chi connectivity index (χ0v) is 18.6. The van der Waals surface area contributed by atoms with Crippen molar-refractivity contribution < 1.29 is 4.74 Å². The normalized spacial score (nSPS) is 11.0. The van der Waals surface area contributed by atoms with Crippen molar-refractivity contribution in [3.05, 3.63) is 68.4 Å². The smallest absolute Gasteiger partial charge is 0.191 e. The molecular formula is C19H18BrCl2N3OS. The molecule has 8 heteroatoms. The molecule has 142 valence electrons. The third kappa shape index (κ3) is 5.88. The first kappa shape index (κ1) is 20.5. The second-order valence-corrected chi connectivity index (χ2v) is 8.60. The second kappa shape index (κ2) is 9.82. The summed E-state index contributed by atoms with van der Waals surface area (Å²) < 4.78 is 8.84. The van der Waals surface area contributed by atoms with E-state index in [0.717, 1.165) is 34.0 Å². The number of nitrogens with zero attached hydrogens (tertiary/aromatic N) is 3. The highest BCUT2D eigenvalue weighted by Crippen LogP contribution is 2.27. The van der Waals surface area contributed by atoms with E-state index < -0.39 is 0 Å². The number of ether oxygens (including phenoxy) is 1. The minimum Gasteiger partial charge on any atom is -0.492 e. The number of halogens is 3. The maximum Gasteiger partial charge on any atom is 0.191 e. The van der Waals surface area contributed by atoms with Crippen LogP contribution in [0.4, 0.5) is 0 Å². The van der Waals surface area contributed by atoms with E-state index in [1.54, 1.807) is 30.0 Å². The fourth-order valence-electron chi connectivity index (χ4n) is 2.42. The molecule has 0 aliphatic heterocycles. The third-order valence-electron chi connectivity index (χ3n) is 3.90. The number of rotatable bonds is 8. The predicted octanol–water partition coefficient (Wildman–Crippen LogP) is 6.19. The summed E-state index contributed by atoms with van der Waals surface area (Å²) in [5.74, 6) is 2.45. The minimum atomic E-state index is 0.521. The fraction of sp³-hybridized carbons (Fsp3) is 0.263. The quantitative estimate of drug-likeness (QED) is 0.281. The van der Waals surface area contributed by atoms with Gasteiger partial charge in [0, 0.05) is 28.7 Å². The molecule has 2 aromatic carbocycles. The zero-order valence-electron chi connectivity index (χ0n) is 14.7. The lowest BCUT2D eigenvalue weighted by molar-refractivity contribution is 0.309. The third-order valence-corrected chi connectivity index (χ3v) is 6.05. The van der Waals surface area contributed by atoms with E-state index in [1.807, 2.05) is 23.7 Å². The van der Waals surface area contributed by atoms with Crippen LogP contribution in [0.5, 0.6) is 5.75 Å². The molecule has 0 aliphatic rings. The molecule has 3 aromatic rings. The van der Waals surface area contributed by atoms with Gasteiger partial charge in [-0.15, -0.1) is 10.2 Å². The van der Waals surface area contributed by atoms with Crippen molar-refractivity contribution in [1.29, 1.82) is 0 Å². The molecule has 0 atom stereocenters. The lowest BCUT2D eigenvalue weighted by Crippen LogP contribution is -2.04. The van der Waals surface area contributed by atoms with Crippen LogP contribution in [-0.2, 0) is 19.2 Å². The van der Waals surface area contributed by atoms with Crippen LogP contribution in [0.15, 0.2) is 52.1 Å². The molecular weight excluding hydrogens is 469 g/mol. The van der Waals surface area contributed by atoms with Gasteiger partial charge in [-0.2, -0.15) is 0 Å². The molecule has 0 aliphatic carbocycles. The molecule has 0 N–H and O–H groups in total. The Labute approximate surface area is 181 Å². The van der Waals surface area contributed by atoms with Gasteiger partial charge < -0.3 is 9.30 Å². The predicted molar refractivity (Wildman–Crippen MR) is 115 cm³/mol. The van der Waals surface area contributed by atoms with E-state index in [1.165, 1.54) is 5.56 Å². The van der Waals surface area contributed by atoms with Gasteiger partial charge in [-0.1, -0.05) is 63.0 Å². The molecule has 1 heterocycles. The van der Waals surface area contributed by atoms with Gasteiger partial charge in [0.25, 0.3) is 0 Å². The maximum atomic E-state index is 6.11. The van der Waals surface area contributed by atoms with Crippen molar-refractivity contribution in [1.82, 2.24) is 14.8 Å². The van der Waals surface area contributed by atoms with E-state index in [2.05, 4.69) is 38.3 Å². The maximum absolute atomic E-state index is 6.11. The minimum absolute atomic E-state index is 0.521. The molecule has 0 bridgehead atoms. The number of hydrogen-bond acceptors (Lipinski definition) is 4.